The monoisotopic (exact) mass is 281 g/mol. The summed E-state index contributed by atoms with van der Waals surface area (Å²) in [7, 11) is 4.76. The Balaban J connectivity index is 2.54. The van der Waals surface area contributed by atoms with E-state index in [2.05, 4.69) is 4.98 Å². The molecule has 5 nitrogen and oxygen atoms in total. The second-order valence-corrected chi connectivity index (χ2v) is 4.80. The van der Waals surface area contributed by atoms with E-state index >= 15 is 0 Å². The highest BCUT2D eigenvalue weighted by Gasteiger charge is 2.15. The second kappa shape index (κ2) is 5.90. The first-order valence-corrected chi connectivity index (χ1v) is 6.41. The number of hydrogen-bond donors (Lipinski definition) is 1. The van der Waals surface area contributed by atoms with Gasteiger partial charge in [0.15, 0.2) is 11.5 Å². The average Bonchev–Trinajstić information content (AvgIpc) is 2.94. The Morgan fingerprint density at radius 2 is 1.68 bits per heavy atom. The third-order valence-corrected chi connectivity index (χ3v) is 3.68. The van der Waals surface area contributed by atoms with Crippen molar-refractivity contribution in [3.05, 3.63) is 23.3 Å². The summed E-state index contributed by atoms with van der Waals surface area (Å²) < 4.78 is 15.9. The van der Waals surface area contributed by atoms with Crippen molar-refractivity contribution < 1.29 is 19.3 Å². The summed E-state index contributed by atoms with van der Waals surface area (Å²) in [6.07, 6.45) is 1.71. The van der Waals surface area contributed by atoms with Crippen LogP contribution in [-0.2, 0) is 6.61 Å². The van der Waals surface area contributed by atoms with E-state index in [0.717, 1.165) is 10.4 Å². The molecule has 0 aliphatic carbocycles. The highest BCUT2D eigenvalue weighted by atomic mass is 32.1. The number of methoxy groups -OCH3 is 3. The van der Waals surface area contributed by atoms with Crippen LogP contribution in [-0.4, -0.2) is 31.4 Å². The summed E-state index contributed by atoms with van der Waals surface area (Å²) in [6, 6.07) is 3.61. The van der Waals surface area contributed by atoms with E-state index in [0.29, 0.717) is 22.3 Å². The van der Waals surface area contributed by atoms with Crippen LogP contribution in [0.3, 0.4) is 0 Å². The van der Waals surface area contributed by atoms with Crippen molar-refractivity contribution in [3.63, 3.8) is 0 Å². The van der Waals surface area contributed by atoms with E-state index in [1.165, 1.54) is 11.3 Å². The SMILES string of the molecule is COc1cc(OC)c(-c2cnc(CO)s2)cc1OC. The molecule has 6 heteroatoms. The normalized spacial score (nSPS) is 10.3. The maximum atomic E-state index is 9.08. The minimum Gasteiger partial charge on any atom is -0.496 e. The average molecular weight is 281 g/mol. The number of benzene rings is 1. The van der Waals surface area contributed by atoms with Crippen LogP contribution in [0.1, 0.15) is 5.01 Å². The van der Waals surface area contributed by atoms with Crippen LogP contribution in [0.4, 0.5) is 0 Å². The van der Waals surface area contributed by atoms with Crippen LogP contribution in [0, 0.1) is 0 Å². The summed E-state index contributed by atoms with van der Waals surface area (Å²) in [5.74, 6) is 1.90. The fourth-order valence-corrected chi connectivity index (χ4v) is 2.53. The molecule has 0 spiro atoms. The third kappa shape index (κ3) is 2.64. The first-order valence-electron chi connectivity index (χ1n) is 5.59. The number of aliphatic hydroxyl groups excluding tert-OH is 1. The molecule has 0 saturated carbocycles. The molecule has 0 aliphatic rings. The van der Waals surface area contributed by atoms with Crippen molar-refractivity contribution in [3.8, 4) is 27.7 Å². The summed E-state index contributed by atoms with van der Waals surface area (Å²) in [6.45, 7) is -0.0692. The van der Waals surface area contributed by atoms with Crippen LogP contribution >= 0.6 is 11.3 Å². The van der Waals surface area contributed by atoms with Crippen molar-refractivity contribution in [2.75, 3.05) is 21.3 Å². The van der Waals surface area contributed by atoms with Gasteiger partial charge in [0, 0.05) is 17.8 Å². The molecule has 1 N–H and O–H groups in total. The van der Waals surface area contributed by atoms with Crippen LogP contribution in [0.25, 0.3) is 10.4 Å². The molecular weight excluding hydrogens is 266 g/mol. The minimum atomic E-state index is -0.0692. The first-order chi connectivity index (χ1) is 9.23. The molecule has 0 bridgehead atoms. The zero-order chi connectivity index (χ0) is 13.8. The van der Waals surface area contributed by atoms with Gasteiger partial charge in [-0.15, -0.1) is 11.3 Å². The van der Waals surface area contributed by atoms with Crippen molar-refractivity contribution in [1.29, 1.82) is 0 Å². The van der Waals surface area contributed by atoms with Crippen LogP contribution in [0.2, 0.25) is 0 Å². The van der Waals surface area contributed by atoms with E-state index in [-0.39, 0.29) is 6.61 Å². The van der Waals surface area contributed by atoms with E-state index in [1.807, 2.05) is 6.07 Å². The fourth-order valence-electron chi connectivity index (χ4n) is 1.73. The number of ether oxygens (including phenoxy) is 3. The Kier molecular flexibility index (Phi) is 4.24. The number of aromatic nitrogens is 1. The Labute approximate surface area is 115 Å². The van der Waals surface area contributed by atoms with E-state index in [9.17, 15) is 0 Å². The van der Waals surface area contributed by atoms with Crippen molar-refractivity contribution in [1.82, 2.24) is 4.98 Å². The molecule has 2 rings (SSSR count). The van der Waals surface area contributed by atoms with Gasteiger partial charge in [-0.3, -0.25) is 0 Å². The van der Waals surface area contributed by atoms with Gasteiger partial charge in [0.2, 0.25) is 0 Å². The minimum absolute atomic E-state index is 0.0692. The van der Waals surface area contributed by atoms with Crippen molar-refractivity contribution in [2.45, 2.75) is 6.61 Å². The zero-order valence-electron chi connectivity index (χ0n) is 11.0. The van der Waals surface area contributed by atoms with Gasteiger partial charge in [-0.05, 0) is 6.07 Å². The van der Waals surface area contributed by atoms with E-state index < -0.39 is 0 Å². The van der Waals surface area contributed by atoms with Crippen LogP contribution in [0.5, 0.6) is 17.2 Å². The number of nitrogens with zero attached hydrogens (tertiary/aromatic N) is 1. The Bertz CT molecular complexity index is 568. The third-order valence-electron chi connectivity index (χ3n) is 2.66. The predicted molar refractivity (Wildman–Crippen MR) is 73.1 cm³/mol. The van der Waals surface area contributed by atoms with Gasteiger partial charge in [-0.25, -0.2) is 4.98 Å². The molecule has 0 amide bonds. The molecule has 2 aromatic rings. The van der Waals surface area contributed by atoms with Crippen LogP contribution < -0.4 is 14.2 Å². The number of aliphatic hydroxyl groups is 1. The van der Waals surface area contributed by atoms with Gasteiger partial charge in [0.1, 0.15) is 10.8 Å². The molecule has 1 heterocycles. The first kappa shape index (κ1) is 13.6. The second-order valence-electron chi connectivity index (χ2n) is 3.68. The predicted octanol–water partition coefficient (Wildman–Crippen LogP) is 2.33. The van der Waals surface area contributed by atoms with Gasteiger partial charge in [-0.2, -0.15) is 0 Å². The topological polar surface area (TPSA) is 60.8 Å². The summed E-state index contributed by atoms with van der Waals surface area (Å²) in [5.41, 5.74) is 0.859. The molecular formula is C13H15NO4S. The van der Waals surface area contributed by atoms with E-state index in [4.69, 9.17) is 19.3 Å². The van der Waals surface area contributed by atoms with Crippen molar-refractivity contribution >= 4 is 11.3 Å². The Hall–Kier alpha value is -1.79. The molecule has 0 radical (unpaired) electrons. The molecule has 0 unspecified atom stereocenters. The van der Waals surface area contributed by atoms with Gasteiger partial charge in [0.05, 0.1) is 32.8 Å². The molecule has 0 fully saturated rings. The zero-order valence-corrected chi connectivity index (χ0v) is 11.8. The summed E-state index contributed by atoms with van der Waals surface area (Å²) in [4.78, 5) is 5.03. The Morgan fingerprint density at radius 3 is 2.21 bits per heavy atom. The maximum absolute atomic E-state index is 9.08. The molecule has 102 valence electrons. The van der Waals surface area contributed by atoms with Crippen LogP contribution in [0.15, 0.2) is 18.3 Å². The lowest BCUT2D eigenvalue weighted by atomic mass is 10.1. The van der Waals surface area contributed by atoms with E-state index in [1.54, 1.807) is 33.6 Å². The smallest absolute Gasteiger partial charge is 0.164 e. The molecule has 0 saturated heterocycles. The standard InChI is InChI=1S/C13H15NO4S/c1-16-9-5-11(18-3)10(17-2)4-8(9)12-6-14-13(7-15)19-12/h4-6,15H,7H2,1-3H3. The summed E-state index contributed by atoms with van der Waals surface area (Å²) >= 11 is 1.41. The molecule has 1 aromatic heterocycles. The number of thiazole rings is 1. The summed E-state index contributed by atoms with van der Waals surface area (Å²) in [5, 5.41) is 9.74. The fraction of sp³-hybridized carbons (Fsp3) is 0.308. The highest BCUT2D eigenvalue weighted by molar-refractivity contribution is 7.15. The van der Waals surface area contributed by atoms with Gasteiger partial charge in [-0.1, -0.05) is 0 Å². The van der Waals surface area contributed by atoms with Gasteiger partial charge < -0.3 is 19.3 Å². The lowest BCUT2D eigenvalue weighted by Crippen LogP contribution is -1.94. The van der Waals surface area contributed by atoms with Crippen molar-refractivity contribution in [2.24, 2.45) is 0 Å². The maximum Gasteiger partial charge on any atom is 0.164 e. The highest BCUT2D eigenvalue weighted by Crippen LogP contribution is 2.41. The molecule has 19 heavy (non-hydrogen) atoms. The largest absolute Gasteiger partial charge is 0.496 e. The van der Waals surface area contributed by atoms with Gasteiger partial charge >= 0.3 is 0 Å². The number of hydrogen-bond acceptors (Lipinski definition) is 6. The Morgan fingerprint density at radius 1 is 1.05 bits per heavy atom. The number of rotatable bonds is 5. The lowest BCUT2D eigenvalue weighted by molar-refractivity contribution is 0.281. The quantitative estimate of drug-likeness (QED) is 0.911. The lowest BCUT2D eigenvalue weighted by Gasteiger charge is -2.12. The van der Waals surface area contributed by atoms with Gasteiger partial charge in [0.25, 0.3) is 0 Å². The molecule has 0 atom stereocenters. The molecule has 0 aliphatic heterocycles. The molecule has 1 aromatic carbocycles.